The molecule has 5 nitrogen and oxygen atoms in total. The second-order valence-electron chi connectivity index (χ2n) is 5.33. The van der Waals surface area contributed by atoms with E-state index in [4.69, 9.17) is 4.42 Å². The summed E-state index contributed by atoms with van der Waals surface area (Å²) >= 11 is 0. The smallest absolute Gasteiger partial charge is 0.169 e. The highest BCUT2D eigenvalue weighted by atomic mass is 16.3. The minimum atomic E-state index is 0.528. The molecule has 2 aromatic heterocycles. The largest absolute Gasteiger partial charge is 0.459 e. The molecule has 0 amide bonds. The summed E-state index contributed by atoms with van der Waals surface area (Å²) in [4.78, 5) is 1.88. The summed E-state index contributed by atoms with van der Waals surface area (Å²) in [5.41, 5.74) is 3.06. The number of nitriles is 1. The van der Waals surface area contributed by atoms with Gasteiger partial charge in [0.2, 0.25) is 0 Å². The third-order valence-electron chi connectivity index (χ3n) is 3.78. The average Bonchev–Trinajstić information content (AvgIpc) is 2.91. The first-order valence-electron chi connectivity index (χ1n) is 7.02. The monoisotopic (exact) mass is 292 g/mol. The van der Waals surface area contributed by atoms with Crippen LogP contribution in [0.5, 0.6) is 0 Å². The molecule has 0 aliphatic rings. The van der Waals surface area contributed by atoms with Gasteiger partial charge in [-0.2, -0.15) is 10.4 Å². The number of rotatable bonds is 3. The van der Waals surface area contributed by atoms with Crippen molar-refractivity contribution < 1.29 is 4.42 Å². The van der Waals surface area contributed by atoms with Crippen LogP contribution in [0.4, 0.5) is 5.82 Å². The van der Waals surface area contributed by atoms with E-state index in [1.54, 1.807) is 0 Å². The van der Waals surface area contributed by atoms with E-state index in [1.807, 2.05) is 56.1 Å². The lowest BCUT2D eigenvalue weighted by atomic mass is 10.1. The van der Waals surface area contributed by atoms with Gasteiger partial charge in [0.15, 0.2) is 5.82 Å². The summed E-state index contributed by atoms with van der Waals surface area (Å²) in [5, 5.41) is 18.7. The maximum atomic E-state index is 9.39. The molecule has 0 N–H and O–H groups in total. The lowest BCUT2D eigenvalue weighted by Crippen LogP contribution is -2.20. The molecule has 3 aromatic rings. The van der Waals surface area contributed by atoms with Crippen molar-refractivity contribution in [2.45, 2.75) is 20.4 Å². The van der Waals surface area contributed by atoms with Crippen LogP contribution in [0.15, 0.2) is 34.7 Å². The third-order valence-corrected chi connectivity index (χ3v) is 3.78. The van der Waals surface area contributed by atoms with Gasteiger partial charge < -0.3 is 9.32 Å². The van der Waals surface area contributed by atoms with Gasteiger partial charge in [-0.05, 0) is 31.5 Å². The predicted molar refractivity (Wildman–Crippen MR) is 84.5 cm³/mol. The predicted octanol–water partition coefficient (Wildman–Crippen LogP) is 3.35. The molecule has 22 heavy (non-hydrogen) atoms. The number of fused-ring (bicyclic) bond motifs is 1. The van der Waals surface area contributed by atoms with E-state index in [1.165, 1.54) is 0 Å². The molecule has 1 aromatic carbocycles. The SMILES string of the molecule is Cc1nnc(N(C)Cc2cc3ccccc3o2)c(C#N)c1C. The van der Waals surface area contributed by atoms with Crippen LogP contribution < -0.4 is 4.90 Å². The van der Waals surface area contributed by atoms with Gasteiger partial charge in [-0.15, -0.1) is 5.10 Å². The molecule has 0 saturated heterocycles. The molecule has 3 rings (SSSR count). The van der Waals surface area contributed by atoms with Crippen molar-refractivity contribution in [3.8, 4) is 6.07 Å². The van der Waals surface area contributed by atoms with Gasteiger partial charge in [-0.1, -0.05) is 18.2 Å². The lowest BCUT2D eigenvalue weighted by Gasteiger charge is -2.18. The number of benzene rings is 1. The Balaban J connectivity index is 1.93. The number of para-hydroxylation sites is 1. The van der Waals surface area contributed by atoms with E-state index in [9.17, 15) is 5.26 Å². The van der Waals surface area contributed by atoms with Gasteiger partial charge in [0.25, 0.3) is 0 Å². The Morgan fingerprint density at radius 3 is 2.73 bits per heavy atom. The molecule has 110 valence electrons. The first-order chi connectivity index (χ1) is 10.6. The Morgan fingerprint density at radius 1 is 1.23 bits per heavy atom. The van der Waals surface area contributed by atoms with Gasteiger partial charge in [0, 0.05) is 12.4 Å². The number of nitrogens with zero attached hydrogens (tertiary/aromatic N) is 4. The fourth-order valence-electron chi connectivity index (χ4n) is 2.42. The van der Waals surface area contributed by atoms with Crippen LogP contribution in [-0.4, -0.2) is 17.2 Å². The Kier molecular flexibility index (Phi) is 3.51. The van der Waals surface area contributed by atoms with E-state index in [0.717, 1.165) is 28.0 Å². The summed E-state index contributed by atoms with van der Waals surface area (Å²) < 4.78 is 5.81. The molecular weight excluding hydrogens is 276 g/mol. The van der Waals surface area contributed by atoms with Crippen LogP contribution in [0.3, 0.4) is 0 Å². The normalized spacial score (nSPS) is 10.6. The summed E-state index contributed by atoms with van der Waals surface area (Å²) in [7, 11) is 1.88. The highest BCUT2D eigenvalue weighted by Gasteiger charge is 2.16. The average molecular weight is 292 g/mol. The van der Waals surface area contributed by atoms with E-state index >= 15 is 0 Å². The second kappa shape index (κ2) is 5.49. The molecule has 0 unspecified atom stereocenters. The molecule has 2 heterocycles. The van der Waals surface area contributed by atoms with Crippen LogP contribution in [0.2, 0.25) is 0 Å². The Hall–Kier alpha value is -2.87. The fourth-order valence-corrected chi connectivity index (χ4v) is 2.42. The minimum absolute atomic E-state index is 0.528. The molecule has 0 fully saturated rings. The fraction of sp³-hybridized carbons (Fsp3) is 0.235. The molecular formula is C17H16N4O. The van der Waals surface area contributed by atoms with E-state index < -0.39 is 0 Å². The highest BCUT2D eigenvalue weighted by Crippen LogP contribution is 2.24. The van der Waals surface area contributed by atoms with Crippen LogP contribution in [0.25, 0.3) is 11.0 Å². The van der Waals surface area contributed by atoms with Crippen molar-refractivity contribution in [3.05, 3.63) is 52.9 Å². The minimum Gasteiger partial charge on any atom is -0.459 e. The van der Waals surface area contributed by atoms with E-state index in [2.05, 4.69) is 16.3 Å². The third kappa shape index (κ3) is 2.40. The Bertz CT molecular complexity index is 843. The molecule has 0 atom stereocenters. The summed E-state index contributed by atoms with van der Waals surface area (Å²) in [6.07, 6.45) is 0. The second-order valence-corrected chi connectivity index (χ2v) is 5.33. The topological polar surface area (TPSA) is 66.0 Å². The summed E-state index contributed by atoms with van der Waals surface area (Å²) in [6.45, 7) is 4.27. The van der Waals surface area contributed by atoms with Gasteiger partial charge in [-0.3, -0.25) is 0 Å². The van der Waals surface area contributed by atoms with Gasteiger partial charge in [0.05, 0.1) is 12.2 Å². The standard InChI is InChI=1S/C17H16N4O/c1-11-12(2)19-20-17(15(11)9-18)21(3)10-14-8-13-6-4-5-7-16(13)22-14/h4-8H,10H2,1-3H3. The first-order valence-corrected chi connectivity index (χ1v) is 7.02. The lowest BCUT2D eigenvalue weighted by molar-refractivity contribution is 0.544. The number of anilines is 1. The maximum absolute atomic E-state index is 9.39. The molecule has 0 spiro atoms. The number of hydrogen-bond donors (Lipinski definition) is 0. The van der Waals surface area contributed by atoms with Crippen molar-refractivity contribution in [1.82, 2.24) is 10.2 Å². The Labute approximate surface area is 128 Å². The molecule has 0 aliphatic carbocycles. The Morgan fingerprint density at radius 2 is 2.00 bits per heavy atom. The van der Waals surface area contributed by atoms with Gasteiger partial charge in [-0.25, -0.2) is 0 Å². The first kappa shape index (κ1) is 14.1. The van der Waals surface area contributed by atoms with Crippen LogP contribution in [-0.2, 0) is 6.54 Å². The van der Waals surface area contributed by atoms with Crippen molar-refractivity contribution >= 4 is 16.8 Å². The highest BCUT2D eigenvalue weighted by molar-refractivity contribution is 5.77. The van der Waals surface area contributed by atoms with Crippen LogP contribution in [0, 0.1) is 25.2 Å². The van der Waals surface area contributed by atoms with Crippen LogP contribution in [0.1, 0.15) is 22.6 Å². The quantitative estimate of drug-likeness (QED) is 0.740. The summed E-state index contributed by atoms with van der Waals surface area (Å²) in [5.74, 6) is 1.40. The zero-order chi connectivity index (χ0) is 15.7. The molecule has 0 bridgehead atoms. The zero-order valence-electron chi connectivity index (χ0n) is 12.8. The van der Waals surface area contributed by atoms with Gasteiger partial charge >= 0.3 is 0 Å². The maximum Gasteiger partial charge on any atom is 0.169 e. The molecule has 0 saturated carbocycles. The van der Waals surface area contributed by atoms with E-state index in [0.29, 0.717) is 17.9 Å². The van der Waals surface area contributed by atoms with E-state index in [-0.39, 0.29) is 0 Å². The van der Waals surface area contributed by atoms with Crippen LogP contribution >= 0.6 is 0 Å². The number of furan rings is 1. The molecule has 5 heteroatoms. The van der Waals surface area contributed by atoms with Crippen molar-refractivity contribution in [2.24, 2.45) is 0 Å². The van der Waals surface area contributed by atoms with Crippen molar-refractivity contribution in [1.29, 1.82) is 5.26 Å². The molecule has 0 radical (unpaired) electrons. The van der Waals surface area contributed by atoms with Crippen molar-refractivity contribution in [3.63, 3.8) is 0 Å². The molecule has 0 aliphatic heterocycles. The number of aryl methyl sites for hydroxylation is 1. The number of hydrogen-bond acceptors (Lipinski definition) is 5. The van der Waals surface area contributed by atoms with Gasteiger partial charge in [0.1, 0.15) is 23.0 Å². The van der Waals surface area contributed by atoms with Crippen molar-refractivity contribution in [2.75, 3.05) is 11.9 Å². The zero-order valence-corrected chi connectivity index (χ0v) is 12.8. The summed E-state index contributed by atoms with van der Waals surface area (Å²) in [6, 6.07) is 12.1. The number of aromatic nitrogens is 2.